The Morgan fingerprint density at radius 3 is 2.72 bits per heavy atom. The molecule has 0 aromatic carbocycles. The Morgan fingerprint density at radius 1 is 1.33 bits per heavy atom. The van der Waals surface area contributed by atoms with E-state index in [4.69, 9.17) is 0 Å². The molecule has 0 radical (unpaired) electrons. The second-order valence-corrected chi connectivity index (χ2v) is 5.08. The van der Waals surface area contributed by atoms with Crippen LogP contribution >= 0.6 is 0 Å². The molecular weight excluding hydrogens is 224 g/mol. The van der Waals surface area contributed by atoms with Crippen LogP contribution in [-0.4, -0.2) is 29.6 Å². The first-order chi connectivity index (χ1) is 8.83. The summed E-state index contributed by atoms with van der Waals surface area (Å²) in [4.78, 5) is 11.3. The molecular formula is C14H24N4. The van der Waals surface area contributed by atoms with E-state index in [-0.39, 0.29) is 0 Å². The Balaban J connectivity index is 1.87. The van der Waals surface area contributed by atoms with Gasteiger partial charge in [0.15, 0.2) is 0 Å². The van der Waals surface area contributed by atoms with Gasteiger partial charge in [-0.2, -0.15) is 0 Å². The molecule has 2 heterocycles. The van der Waals surface area contributed by atoms with Crippen molar-refractivity contribution in [2.24, 2.45) is 5.92 Å². The van der Waals surface area contributed by atoms with Crippen molar-refractivity contribution in [2.45, 2.75) is 39.7 Å². The van der Waals surface area contributed by atoms with Crippen molar-refractivity contribution < 1.29 is 0 Å². The molecule has 1 aliphatic heterocycles. The Hall–Kier alpha value is -1.16. The van der Waals surface area contributed by atoms with Gasteiger partial charge in [-0.3, -0.25) is 0 Å². The van der Waals surface area contributed by atoms with Crippen molar-refractivity contribution in [3.63, 3.8) is 0 Å². The van der Waals surface area contributed by atoms with Crippen LogP contribution in [0.5, 0.6) is 0 Å². The van der Waals surface area contributed by atoms with E-state index >= 15 is 0 Å². The fourth-order valence-electron chi connectivity index (χ4n) is 2.36. The van der Waals surface area contributed by atoms with Crippen LogP contribution in [0.3, 0.4) is 0 Å². The van der Waals surface area contributed by atoms with E-state index in [9.17, 15) is 0 Å². The Morgan fingerprint density at radius 2 is 2.11 bits per heavy atom. The maximum Gasteiger partial charge on any atom is 0.225 e. The molecule has 1 aromatic rings. The number of hydrogen-bond acceptors (Lipinski definition) is 4. The van der Waals surface area contributed by atoms with Gasteiger partial charge >= 0.3 is 0 Å². The van der Waals surface area contributed by atoms with Crippen LogP contribution < -0.4 is 10.2 Å². The van der Waals surface area contributed by atoms with Crippen molar-refractivity contribution in [2.75, 3.05) is 24.5 Å². The summed E-state index contributed by atoms with van der Waals surface area (Å²) in [6.45, 7) is 8.56. The van der Waals surface area contributed by atoms with E-state index in [0.29, 0.717) is 0 Å². The molecule has 2 rings (SSSR count). The maximum absolute atomic E-state index is 4.48. The first kappa shape index (κ1) is 13.3. The number of anilines is 1. The van der Waals surface area contributed by atoms with Gasteiger partial charge in [0.25, 0.3) is 0 Å². The van der Waals surface area contributed by atoms with Crippen LogP contribution in [0.4, 0.5) is 5.95 Å². The van der Waals surface area contributed by atoms with Gasteiger partial charge < -0.3 is 10.2 Å². The third kappa shape index (κ3) is 3.42. The molecule has 4 nitrogen and oxygen atoms in total. The van der Waals surface area contributed by atoms with Crippen molar-refractivity contribution in [3.8, 4) is 0 Å². The summed E-state index contributed by atoms with van der Waals surface area (Å²) < 4.78 is 0. The van der Waals surface area contributed by atoms with Crippen LogP contribution in [0.15, 0.2) is 12.4 Å². The highest BCUT2D eigenvalue weighted by atomic mass is 15.3. The first-order valence-corrected chi connectivity index (χ1v) is 7.10. The van der Waals surface area contributed by atoms with Crippen LogP contribution in [0.25, 0.3) is 0 Å². The Labute approximate surface area is 110 Å². The smallest absolute Gasteiger partial charge is 0.225 e. The average molecular weight is 248 g/mol. The Bertz CT molecular complexity index is 349. The van der Waals surface area contributed by atoms with Crippen molar-refractivity contribution >= 4 is 5.95 Å². The summed E-state index contributed by atoms with van der Waals surface area (Å²) in [6.07, 6.45) is 7.59. The van der Waals surface area contributed by atoms with Crippen molar-refractivity contribution in [1.82, 2.24) is 15.3 Å². The van der Waals surface area contributed by atoms with Gasteiger partial charge in [-0.15, -0.1) is 0 Å². The van der Waals surface area contributed by atoms with Gasteiger partial charge in [0, 0.05) is 37.6 Å². The highest BCUT2D eigenvalue weighted by molar-refractivity contribution is 5.31. The molecule has 1 unspecified atom stereocenters. The molecule has 1 aliphatic rings. The molecule has 1 atom stereocenters. The normalized spacial score (nSPS) is 19.4. The molecule has 0 saturated carbocycles. The molecule has 1 fully saturated rings. The quantitative estimate of drug-likeness (QED) is 0.784. The predicted octanol–water partition coefficient (Wildman–Crippen LogP) is 2.21. The second kappa shape index (κ2) is 6.69. The zero-order chi connectivity index (χ0) is 12.8. The molecule has 0 amide bonds. The van der Waals surface area contributed by atoms with E-state index in [2.05, 4.69) is 34.0 Å². The monoisotopic (exact) mass is 248 g/mol. The molecule has 0 spiro atoms. The van der Waals surface area contributed by atoms with Crippen molar-refractivity contribution in [1.29, 1.82) is 0 Å². The van der Waals surface area contributed by atoms with Crippen LogP contribution in [0.1, 0.15) is 38.7 Å². The largest absolute Gasteiger partial charge is 0.341 e. The first-order valence-electron chi connectivity index (χ1n) is 7.10. The molecule has 18 heavy (non-hydrogen) atoms. The minimum Gasteiger partial charge on any atom is -0.341 e. The summed E-state index contributed by atoms with van der Waals surface area (Å²) in [5.74, 6) is 1.71. The molecule has 100 valence electrons. The lowest BCUT2D eigenvalue weighted by atomic mass is 10.1. The number of nitrogens with one attached hydrogen (secondary N) is 1. The highest BCUT2D eigenvalue weighted by Gasteiger charge is 2.22. The van der Waals surface area contributed by atoms with Crippen LogP contribution in [-0.2, 0) is 6.54 Å². The lowest BCUT2D eigenvalue weighted by molar-refractivity contribution is 0.568. The SMILES string of the molecule is CCCNCc1cnc(N2CCC(CC)C2)nc1. The third-order valence-electron chi connectivity index (χ3n) is 3.59. The fourth-order valence-corrected chi connectivity index (χ4v) is 2.36. The summed E-state index contributed by atoms with van der Waals surface area (Å²) in [6, 6.07) is 0. The van der Waals surface area contributed by atoms with Crippen molar-refractivity contribution in [3.05, 3.63) is 18.0 Å². The zero-order valence-corrected chi connectivity index (χ0v) is 11.5. The topological polar surface area (TPSA) is 41.1 Å². The van der Waals surface area contributed by atoms with Gasteiger partial charge in [0.05, 0.1) is 0 Å². The standard InChI is InChI=1S/C14H24N4/c1-3-6-15-8-13-9-16-14(17-10-13)18-7-5-12(4-2)11-18/h9-10,12,15H,3-8,11H2,1-2H3. The molecule has 0 aliphatic carbocycles. The minimum atomic E-state index is 0.819. The molecule has 1 saturated heterocycles. The molecule has 4 heteroatoms. The Kier molecular flexibility index (Phi) is 4.93. The molecule has 1 aromatic heterocycles. The van der Waals surface area contributed by atoms with Gasteiger partial charge in [0.1, 0.15) is 0 Å². The molecule has 1 N–H and O–H groups in total. The second-order valence-electron chi connectivity index (χ2n) is 5.08. The fraction of sp³-hybridized carbons (Fsp3) is 0.714. The number of rotatable bonds is 6. The van der Waals surface area contributed by atoms with E-state index in [1.165, 1.54) is 18.4 Å². The van der Waals surface area contributed by atoms with Gasteiger partial charge in [-0.25, -0.2) is 9.97 Å². The van der Waals surface area contributed by atoms with E-state index in [0.717, 1.165) is 44.5 Å². The lowest BCUT2D eigenvalue weighted by Crippen LogP contribution is -2.22. The van der Waals surface area contributed by atoms with E-state index in [1.54, 1.807) is 0 Å². The number of aromatic nitrogens is 2. The summed E-state index contributed by atoms with van der Waals surface area (Å²) in [5, 5.41) is 3.36. The predicted molar refractivity (Wildman–Crippen MR) is 74.6 cm³/mol. The lowest BCUT2D eigenvalue weighted by Gasteiger charge is -2.16. The van der Waals surface area contributed by atoms with Gasteiger partial charge in [-0.05, 0) is 25.3 Å². The average Bonchev–Trinajstić information content (AvgIpc) is 2.89. The van der Waals surface area contributed by atoms with E-state index < -0.39 is 0 Å². The molecule has 0 bridgehead atoms. The maximum atomic E-state index is 4.48. The summed E-state index contributed by atoms with van der Waals surface area (Å²) >= 11 is 0. The van der Waals surface area contributed by atoms with Crippen LogP contribution in [0.2, 0.25) is 0 Å². The number of nitrogens with zero attached hydrogens (tertiary/aromatic N) is 3. The van der Waals surface area contributed by atoms with Crippen LogP contribution in [0, 0.1) is 5.92 Å². The van der Waals surface area contributed by atoms with E-state index in [1.807, 2.05) is 12.4 Å². The van der Waals surface area contributed by atoms with Gasteiger partial charge in [0.2, 0.25) is 5.95 Å². The summed E-state index contributed by atoms with van der Waals surface area (Å²) in [5.41, 5.74) is 1.17. The third-order valence-corrected chi connectivity index (χ3v) is 3.59. The zero-order valence-electron chi connectivity index (χ0n) is 11.5. The van der Waals surface area contributed by atoms with Gasteiger partial charge in [-0.1, -0.05) is 20.3 Å². The highest BCUT2D eigenvalue weighted by Crippen LogP contribution is 2.22. The number of hydrogen-bond donors (Lipinski definition) is 1. The summed E-state index contributed by atoms with van der Waals surface area (Å²) in [7, 11) is 0. The minimum absolute atomic E-state index is 0.819.